The summed E-state index contributed by atoms with van der Waals surface area (Å²) < 4.78 is 16.4. The van der Waals surface area contributed by atoms with E-state index in [4.69, 9.17) is 14.2 Å². The Balaban J connectivity index is 1.85. The molecule has 0 bridgehead atoms. The molecule has 0 N–H and O–H groups in total. The van der Waals surface area contributed by atoms with Gasteiger partial charge in [0.2, 0.25) is 5.88 Å². The first kappa shape index (κ1) is 19.0. The summed E-state index contributed by atoms with van der Waals surface area (Å²) in [5.74, 6) is 2.00. The Kier molecular flexibility index (Phi) is 5.84. The topological polar surface area (TPSA) is 60.9 Å². The van der Waals surface area contributed by atoms with Gasteiger partial charge in [-0.25, -0.2) is 4.98 Å². The molecule has 2 heterocycles. The third kappa shape index (κ3) is 4.15. The molecule has 3 rings (SSSR count). The predicted molar refractivity (Wildman–Crippen MR) is 103 cm³/mol. The lowest BCUT2D eigenvalue weighted by Crippen LogP contribution is -2.30. The molecular weight excluding hydrogens is 344 g/mol. The Morgan fingerprint density at radius 2 is 2.00 bits per heavy atom. The van der Waals surface area contributed by atoms with Crippen LogP contribution in [0.1, 0.15) is 48.7 Å². The van der Waals surface area contributed by atoms with E-state index < -0.39 is 0 Å². The highest BCUT2D eigenvalue weighted by atomic mass is 16.5. The van der Waals surface area contributed by atoms with Crippen LogP contribution in [0.2, 0.25) is 0 Å². The number of rotatable bonds is 6. The first-order valence-corrected chi connectivity index (χ1v) is 9.19. The first-order chi connectivity index (χ1) is 13.0. The molecule has 1 fully saturated rings. The van der Waals surface area contributed by atoms with Gasteiger partial charge in [0.1, 0.15) is 11.5 Å². The van der Waals surface area contributed by atoms with Gasteiger partial charge in [-0.2, -0.15) is 0 Å². The lowest BCUT2D eigenvalue weighted by atomic mass is 10.0. The molecule has 6 nitrogen and oxygen atoms in total. The number of pyridine rings is 1. The number of carbonyl (C=O) groups is 1. The Hall–Kier alpha value is -2.76. The van der Waals surface area contributed by atoms with Crippen LogP contribution >= 0.6 is 0 Å². The minimum absolute atomic E-state index is 0.0361. The second kappa shape index (κ2) is 8.29. The number of ether oxygens (including phenoxy) is 3. The van der Waals surface area contributed by atoms with E-state index in [2.05, 4.69) is 4.98 Å². The minimum atomic E-state index is -0.0471. The predicted octanol–water partition coefficient (Wildman–Crippen LogP) is 3.86. The third-order valence-corrected chi connectivity index (χ3v) is 4.65. The second-order valence-electron chi connectivity index (χ2n) is 6.82. The van der Waals surface area contributed by atoms with Gasteiger partial charge in [0, 0.05) is 24.4 Å². The summed E-state index contributed by atoms with van der Waals surface area (Å²) in [5.41, 5.74) is 1.52. The van der Waals surface area contributed by atoms with Crippen molar-refractivity contribution in [1.82, 2.24) is 9.88 Å². The van der Waals surface area contributed by atoms with E-state index in [9.17, 15) is 4.79 Å². The highest BCUT2D eigenvalue weighted by Gasteiger charge is 2.33. The van der Waals surface area contributed by atoms with E-state index in [1.54, 1.807) is 32.5 Å². The van der Waals surface area contributed by atoms with Crippen molar-refractivity contribution in [3.63, 3.8) is 0 Å². The van der Waals surface area contributed by atoms with Gasteiger partial charge in [0.05, 0.1) is 31.9 Å². The normalized spacial score (nSPS) is 16.5. The summed E-state index contributed by atoms with van der Waals surface area (Å²) in [6, 6.07) is 9.16. The maximum atomic E-state index is 13.1. The van der Waals surface area contributed by atoms with E-state index in [-0.39, 0.29) is 18.1 Å². The highest BCUT2D eigenvalue weighted by Crippen LogP contribution is 2.39. The van der Waals surface area contributed by atoms with Gasteiger partial charge in [-0.15, -0.1) is 0 Å². The molecule has 0 spiro atoms. The van der Waals surface area contributed by atoms with Gasteiger partial charge in [0.25, 0.3) is 5.91 Å². The van der Waals surface area contributed by atoms with Gasteiger partial charge in [0.15, 0.2) is 0 Å². The molecule has 1 aromatic heterocycles. The largest absolute Gasteiger partial charge is 0.497 e. The quantitative estimate of drug-likeness (QED) is 0.773. The number of nitrogens with zero attached hydrogens (tertiary/aromatic N) is 2. The highest BCUT2D eigenvalue weighted by molar-refractivity contribution is 5.94. The number of amides is 1. The molecule has 1 atom stereocenters. The van der Waals surface area contributed by atoms with E-state index in [0.717, 1.165) is 29.9 Å². The monoisotopic (exact) mass is 370 g/mol. The molecular formula is C21H26N2O4. The van der Waals surface area contributed by atoms with E-state index in [0.29, 0.717) is 18.0 Å². The van der Waals surface area contributed by atoms with Crippen LogP contribution in [0.3, 0.4) is 0 Å². The molecule has 1 aliphatic rings. The molecule has 0 radical (unpaired) electrons. The average molecular weight is 370 g/mol. The number of likely N-dealkylation sites (tertiary alicyclic amines) is 1. The summed E-state index contributed by atoms with van der Waals surface area (Å²) in [6.07, 6.45) is 3.45. The van der Waals surface area contributed by atoms with Crippen LogP contribution in [-0.2, 0) is 0 Å². The molecule has 1 amide bonds. The van der Waals surface area contributed by atoms with Gasteiger partial charge in [-0.05, 0) is 51.0 Å². The fraction of sp³-hybridized carbons (Fsp3) is 0.429. The molecule has 1 unspecified atom stereocenters. The van der Waals surface area contributed by atoms with E-state index in [1.165, 1.54) is 0 Å². The fourth-order valence-corrected chi connectivity index (χ4v) is 3.42. The van der Waals surface area contributed by atoms with Crippen molar-refractivity contribution in [1.29, 1.82) is 0 Å². The van der Waals surface area contributed by atoms with Crippen LogP contribution in [0.15, 0.2) is 36.5 Å². The second-order valence-corrected chi connectivity index (χ2v) is 6.82. The summed E-state index contributed by atoms with van der Waals surface area (Å²) in [4.78, 5) is 19.2. The Morgan fingerprint density at radius 1 is 1.19 bits per heavy atom. The summed E-state index contributed by atoms with van der Waals surface area (Å²) in [7, 11) is 3.28. The van der Waals surface area contributed by atoms with E-state index in [1.807, 2.05) is 36.9 Å². The number of aromatic nitrogens is 1. The first-order valence-electron chi connectivity index (χ1n) is 9.19. The maximum Gasteiger partial charge on any atom is 0.255 e. The number of benzene rings is 1. The van der Waals surface area contributed by atoms with E-state index >= 15 is 0 Å². The molecule has 2 aromatic rings. The van der Waals surface area contributed by atoms with Gasteiger partial charge in [-0.1, -0.05) is 0 Å². The molecule has 0 saturated carbocycles. The zero-order valence-electron chi connectivity index (χ0n) is 16.3. The zero-order valence-corrected chi connectivity index (χ0v) is 16.3. The van der Waals surface area contributed by atoms with Gasteiger partial charge >= 0.3 is 0 Å². The SMILES string of the molecule is COc1ccc(OC)c(C2CCCN2C(=O)c2ccc(OC(C)C)nc2)c1. The van der Waals surface area contributed by atoms with Crippen molar-refractivity contribution in [3.8, 4) is 17.4 Å². The van der Waals surface area contributed by atoms with Crippen molar-refractivity contribution in [2.75, 3.05) is 20.8 Å². The molecule has 0 aliphatic carbocycles. The smallest absolute Gasteiger partial charge is 0.255 e. The summed E-state index contributed by atoms with van der Waals surface area (Å²) in [5, 5.41) is 0. The van der Waals surface area contributed by atoms with Crippen LogP contribution in [0, 0.1) is 0 Å². The molecule has 1 aliphatic heterocycles. The molecule has 1 aromatic carbocycles. The lowest BCUT2D eigenvalue weighted by Gasteiger charge is -2.26. The van der Waals surface area contributed by atoms with Crippen LogP contribution in [0.4, 0.5) is 0 Å². The number of carbonyl (C=O) groups excluding carboxylic acids is 1. The van der Waals surface area contributed by atoms with Crippen LogP contribution < -0.4 is 14.2 Å². The molecule has 27 heavy (non-hydrogen) atoms. The fourth-order valence-electron chi connectivity index (χ4n) is 3.42. The van der Waals surface area contributed by atoms with Crippen molar-refractivity contribution >= 4 is 5.91 Å². The number of methoxy groups -OCH3 is 2. The van der Waals surface area contributed by atoms with Crippen LogP contribution in [-0.4, -0.2) is 42.7 Å². The number of hydrogen-bond donors (Lipinski definition) is 0. The lowest BCUT2D eigenvalue weighted by molar-refractivity contribution is 0.0733. The van der Waals surface area contributed by atoms with Crippen molar-refractivity contribution in [3.05, 3.63) is 47.7 Å². The van der Waals surface area contributed by atoms with Crippen LogP contribution in [0.25, 0.3) is 0 Å². The minimum Gasteiger partial charge on any atom is -0.497 e. The maximum absolute atomic E-state index is 13.1. The van der Waals surface area contributed by atoms with Crippen molar-refractivity contribution < 1.29 is 19.0 Å². The van der Waals surface area contributed by atoms with Gasteiger partial charge < -0.3 is 19.1 Å². The Morgan fingerprint density at radius 3 is 2.63 bits per heavy atom. The third-order valence-electron chi connectivity index (χ3n) is 4.65. The molecule has 144 valence electrons. The van der Waals surface area contributed by atoms with Gasteiger partial charge in [-0.3, -0.25) is 4.79 Å². The summed E-state index contributed by atoms with van der Waals surface area (Å²) in [6.45, 7) is 4.59. The zero-order chi connectivity index (χ0) is 19.4. The Bertz CT molecular complexity index is 789. The van der Waals surface area contributed by atoms with Crippen molar-refractivity contribution in [2.45, 2.75) is 38.8 Å². The Labute approximate surface area is 160 Å². The standard InChI is InChI=1S/C21H26N2O4/c1-14(2)27-20-10-7-15(13-22-20)21(24)23-11-5-6-18(23)17-12-16(25-3)8-9-19(17)26-4/h7-10,12-14,18H,5-6,11H2,1-4H3. The van der Waals surface area contributed by atoms with Crippen LogP contribution in [0.5, 0.6) is 17.4 Å². The average Bonchev–Trinajstić information content (AvgIpc) is 3.16. The summed E-state index contributed by atoms with van der Waals surface area (Å²) >= 11 is 0. The number of hydrogen-bond acceptors (Lipinski definition) is 5. The molecule has 1 saturated heterocycles. The van der Waals surface area contributed by atoms with Crippen molar-refractivity contribution in [2.24, 2.45) is 0 Å². The molecule has 6 heteroatoms.